The number of anilines is 1. The molecule has 1 amide bonds. The molecular weight excluding hydrogens is 294 g/mol. The number of carbonyl (C=O) groups excluding carboxylic acids is 1. The molecule has 1 fully saturated rings. The molecule has 0 bridgehead atoms. The first-order valence-electron chi connectivity index (χ1n) is 5.23. The lowest BCUT2D eigenvalue weighted by Crippen LogP contribution is -2.68. The first-order valence-corrected chi connectivity index (χ1v) is 7.04. The average Bonchev–Trinajstić information content (AvgIpc) is 2.28. The van der Waals surface area contributed by atoms with Gasteiger partial charge in [0.15, 0.2) is 4.75 Å². The van der Waals surface area contributed by atoms with Crippen LogP contribution < -0.4 is 4.31 Å². The number of hydrogen-bond donors (Lipinski definition) is 1. The number of rotatable bonds is 2. The Morgan fingerprint density at radius 3 is 2.42 bits per heavy atom. The van der Waals surface area contributed by atoms with Gasteiger partial charge in [0.1, 0.15) is 0 Å². The van der Waals surface area contributed by atoms with E-state index < -0.39 is 26.6 Å². The summed E-state index contributed by atoms with van der Waals surface area (Å²) >= 11 is 5.73. The van der Waals surface area contributed by atoms with Crippen molar-refractivity contribution in [1.29, 1.82) is 0 Å². The Kier molecular flexibility index (Phi) is 2.87. The molecule has 1 aliphatic rings. The zero-order valence-electron chi connectivity index (χ0n) is 10.0. The van der Waals surface area contributed by atoms with Gasteiger partial charge in [-0.3, -0.25) is 4.79 Å². The Labute approximate surface area is 114 Å². The maximum atomic E-state index is 12.0. The second-order valence-corrected chi connectivity index (χ2v) is 7.32. The molecule has 19 heavy (non-hydrogen) atoms. The quantitative estimate of drug-likeness (QED) is 0.893. The molecule has 0 atom stereocenters. The summed E-state index contributed by atoms with van der Waals surface area (Å²) in [6.07, 6.45) is 0. The van der Waals surface area contributed by atoms with Crippen molar-refractivity contribution in [2.45, 2.75) is 18.6 Å². The fraction of sp³-hybridized carbons (Fsp3) is 0.273. The van der Waals surface area contributed by atoms with Crippen molar-refractivity contribution >= 4 is 39.2 Å². The van der Waals surface area contributed by atoms with Crippen LogP contribution in [-0.4, -0.2) is 30.1 Å². The highest BCUT2D eigenvalue weighted by Gasteiger charge is 2.61. The van der Waals surface area contributed by atoms with Crippen LogP contribution in [-0.2, 0) is 14.8 Å². The Bertz CT molecular complexity index is 695. The molecule has 2 rings (SSSR count). The summed E-state index contributed by atoms with van der Waals surface area (Å²) in [6, 6.07) is 3.63. The second kappa shape index (κ2) is 3.94. The molecule has 0 spiro atoms. The van der Waals surface area contributed by atoms with Crippen LogP contribution in [0, 0.1) is 0 Å². The Hall–Kier alpha value is -1.60. The first kappa shape index (κ1) is 13.8. The van der Waals surface area contributed by atoms with Crippen LogP contribution in [0.2, 0.25) is 5.02 Å². The van der Waals surface area contributed by atoms with E-state index in [1.54, 1.807) is 0 Å². The number of amides is 1. The van der Waals surface area contributed by atoms with Gasteiger partial charge in [0.05, 0.1) is 11.3 Å². The molecule has 1 aromatic rings. The van der Waals surface area contributed by atoms with E-state index in [-0.39, 0.29) is 16.3 Å². The van der Waals surface area contributed by atoms with E-state index in [1.807, 2.05) is 0 Å². The molecule has 0 radical (unpaired) electrons. The third-order valence-corrected chi connectivity index (χ3v) is 5.54. The minimum absolute atomic E-state index is 0.146. The summed E-state index contributed by atoms with van der Waals surface area (Å²) in [4.78, 5) is 23.0. The Morgan fingerprint density at radius 1 is 1.37 bits per heavy atom. The molecule has 0 unspecified atom stereocenters. The standard InChI is InChI=1S/C11H10ClNO5S/c1-11(2)10(16)13(19(11,17)18)8-5-6(12)3-4-7(8)9(14)15/h3-5H,1-2H3,(H,14,15). The predicted molar refractivity (Wildman–Crippen MR) is 68.9 cm³/mol. The molecule has 0 saturated carbocycles. The summed E-state index contributed by atoms with van der Waals surface area (Å²) in [5, 5.41) is 9.18. The van der Waals surface area contributed by atoms with Gasteiger partial charge in [0.25, 0.3) is 15.9 Å². The molecule has 1 aromatic carbocycles. The van der Waals surface area contributed by atoms with Gasteiger partial charge in [-0.25, -0.2) is 17.5 Å². The second-order valence-electron chi connectivity index (χ2n) is 4.55. The lowest BCUT2D eigenvalue weighted by molar-refractivity contribution is -0.120. The van der Waals surface area contributed by atoms with Gasteiger partial charge in [-0.2, -0.15) is 0 Å². The zero-order chi connectivity index (χ0) is 14.6. The maximum Gasteiger partial charge on any atom is 0.337 e. The summed E-state index contributed by atoms with van der Waals surface area (Å²) in [5.74, 6) is -2.02. The average molecular weight is 304 g/mol. The minimum atomic E-state index is -3.91. The van der Waals surface area contributed by atoms with Crippen LogP contribution in [0.15, 0.2) is 18.2 Å². The number of aromatic carboxylic acids is 1. The summed E-state index contributed by atoms with van der Waals surface area (Å²) in [6.45, 7) is 2.54. The van der Waals surface area contributed by atoms with Crippen molar-refractivity contribution in [2.75, 3.05) is 4.31 Å². The molecule has 1 N–H and O–H groups in total. The molecule has 8 heteroatoms. The number of nitrogens with zero attached hydrogens (tertiary/aromatic N) is 1. The van der Waals surface area contributed by atoms with Gasteiger partial charge in [-0.1, -0.05) is 11.6 Å². The zero-order valence-corrected chi connectivity index (χ0v) is 11.6. The van der Waals surface area contributed by atoms with E-state index >= 15 is 0 Å². The maximum absolute atomic E-state index is 12.0. The number of hydrogen-bond acceptors (Lipinski definition) is 4. The van der Waals surface area contributed by atoms with Crippen molar-refractivity contribution in [3.63, 3.8) is 0 Å². The SMILES string of the molecule is CC1(C)C(=O)N(c2cc(Cl)ccc2C(=O)O)S1(=O)=O. The highest BCUT2D eigenvalue weighted by Crippen LogP contribution is 2.41. The van der Waals surface area contributed by atoms with E-state index in [9.17, 15) is 18.0 Å². The van der Waals surface area contributed by atoms with E-state index in [2.05, 4.69) is 0 Å². The van der Waals surface area contributed by atoms with Crippen LogP contribution in [0.25, 0.3) is 0 Å². The van der Waals surface area contributed by atoms with Crippen LogP contribution in [0.4, 0.5) is 5.69 Å². The number of benzene rings is 1. The van der Waals surface area contributed by atoms with Crippen LogP contribution in [0.1, 0.15) is 24.2 Å². The van der Waals surface area contributed by atoms with Gasteiger partial charge in [0.2, 0.25) is 0 Å². The van der Waals surface area contributed by atoms with Crippen molar-refractivity contribution in [3.8, 4) is 0 Å². The number of carboxylic acids is 1. The van der Waals surface area contributed by atoms with Crippen LogP contribution >= 0.6 is 11.6 Å². The van der Waals surface area contributed by atoms with Gasteiger partial charge in [0, 0.05) is 5.02 Å². The lowest BCUT2D eigenvalue weighted by atomic mass is 10.1. The normalized spacial score (nSPS) is 19.9. The molecule has 6 nitrogen and oxygen atoms in total. The predicted octanol–water partition coefficient (Wildman–Crippen LogP) is 1.49. The molecule has 1 saturated heterocycles. The van der Waals surface area contributed by atoms with Crippen molar-refractivity contribution < 1.29 is 23.1 Å². The van der Waals surface area contributed by atoms with Gasteiger partial charge in [-0.15, -0.1) is 0 Å². The Balaban J connectivity index is 2.65. The molecular formula is C11H10ClNO5S. The fourth-order valence-corrected chi connectivity index (χ4v) is 3.40. The number of carboxylic acid groups (broad SMARTS) is 1. The highest BCUT2D eigenvalue weighted by atomic mass is 35.5. The van der Waals surface area contributed by atoms with E-state index in [0.717, 1.165) is 12.1 Å². The summed E-state index contributed by atoms with van der Waals surface area (Å²) in [7, 11) is -3.91. The van der Waals surface area contributed by atoms with Crippen LogP contribution in [0.3, 0.4) is 0 Å². The number of carbonyl (C=O) groups is 2. The molecule has 1 heterocycles. The monoisotopic (exact) mass is 303 g/mol. The van der Waals surface area contributed by atoms with Gasteiger partial charge in [-0.05, 0) is 32.0 Å². The third kappa shape index (κ3) is 1.73. The highest BCUT2D eigenvalue weighted by molar-refractivity contribution is 7.98. The third-order valence-electron chi connectivity index (χ3n) is 2.99. The number of halogens is 1. The first-order chi connectivity index (χ1) is 8.60. The summed E-state index contributed by atoms with van der Waals surface area (Å²) in [5.41, 5.74) is -0.527. The lowest BCUT2D eigenvalue weighted by Gasteiger charge is -2.43. The van der Waals surface area contributed by atoms with Crippen molar-refractivity contribution in [2.24, 2.45) is 0 Å². The largest absolute Gasteiger partial charge is 0.478 e. The van der Waals surface area contributed by atoms with Gasteiger partial charge < -0.3 is 5.11 Å². The van der Waals surface area contributed by atoms with Gasteiger partial charge >= 0.3 is 5.97 Å². The summed E-state index contributed by atoms with van der Waals surface area (Å²) < 4.78 is 23.0. The van der Waals surface area contributed by atoms with E-state index in [4.69, 9.17) is 16.7 Å². The topological polar surface area (TPSA) is 91.8 Å². The Morgan fingerprint density at radius 2 is 1.95 bits per heavy atom. The molecule has 1 aliphatic heterocycles. The van der Waals surface area contributed by atoms with E-state index in [1.165, 1.54) is 19.9 Å². The number of sulfonamides is 1. The van der Waals surface area contributed by atoms with Crippen LogP contribution in [0.5, 0.6) is 0 Å². The molecule has 102 valence electrons. The van der Waals surface area contributed by atoms with Crippen molar-refractivity contribution in [3.05, 3.63) is 28.8 Å². The minimum Gasteiger partial charge on any atom is -0.478 e. The fourth-order valence-electron chi connectivity index (χ4n) is 1.75. The molecule has 0 aromatic heterocycles. The van der Waals surface area contributed by atoms with Crippen molar-refractivity contribution in [1.82, 2.24) is 0 Å². The smallest absolute Gasteiger partial charge is 0.337 e. The molecule has 0 aliphatic carbocycles. The van der Waals surface area contributed by atoms with E-state index in [0.29, 0.717) is 4.31 Å².